The van der Waals surface area contributed by atoms with Crippen molar-refractivity contribution in [2.45, 2.75) is 38.6 Å². The molecule has 0 radical (unpaired) electrons. The van der Waals surface area contributed by atoms with E-state index < -0.39 is 0 Å². The molecule has 0 saturated heterocycles. The Kier molecular flexibility index (Phi) is 2.12. The molecular formula is C11H17N3S. The lowest BCUT2D eigenvalue weighted by Gasteiger charge is -2.17. The van der Waals surface area contributed by atoms with Crippen molar-refractivity contribution in [2.75, 3.05) is 11.1 Å². The average molecular weight is 223 g/mol. The predicted molar refractivity (Wildman–Crippen MR) is 64.1 cm³/mol. The fourth-order valence-electron chi connectivity index (χ4n) is 2.17. The summed E-state index contributed by atoms with van der Waals surface area (Å²) in [5, 5.41) is 4.86. The SMILES string of the molecule is Cc1c(N)nsc1NC(C1CC1)C1CC1. The maximum absolute atomic E-state index is 5.76. The number of nitrogens with two attached hydrogens (primary N) is 1. The van der Waals surface area contributed by atoms with Gasteiger partial charge in [-0.3, -0.25) is 0 Å². The molecule has 0 amide bonds. The zero-order valence-corrected chi connectivity index (χ0v) is 9.81. The number of hydrogen-bond donors (Lipinski definition) is 2. The molecule has 0 unspecified atom stereocenters. The number of anilines is 2. The Labute approximate surface area is 94.2 Å². The lowest BCUT2D eigenvalue weighted by atomic mass is 10.1. The summed E-state index contributed by atoms with van der Waals surface area (Å²) in [5.41, 5.74) is 6.89. The standard InChI is InChI=1S/C11H17N3S/c1-6-10(12)14-15-11(6)13-9(7-2-3-7)8-4-5-8/h7-9,13H,2-5H2,1H3,(H2,12,14). The molecule has 4 heteroatoms. The van der Waals surface area contributed by atoms with Crippen molar-refractivity contribution in [3.05, 3.63) is 5.56 Å². The lowest BCUT2D eigenvalue weighted by Crippen LogP contribution is -2.23. The third-order valence-corrected chi connectivity index (χ3v) is 4.41. The molecule has 0 spiro atoms. The third-order valence-electron chi connectivity index (χ3n) is 3.52. The molecule has 15 heavy (non-hydrogen) atoms. The Morgan fingerprint density at radius 1 is 1.33 bits per heavy atom. The largest absolute Gasteiger partial charge is 0.383 e. The summed E-state index contributed by atoms with van der Waals surface area (Å²) in [4.78, 5) is 0. The number of nitrogen functional groups attached to an aromatic ring is 1. The second-order valence-corrected chi connectivity index (χ2v) is 5.64. The quantitative estimate of drug-likeness (QED) is 0.825. The van der Waals surface area contributed by atoms with Gasteiger partial charge in [0.05, 0.1) is 0 Å². The van der Waals surface area contributed by atoms with Crippen LogP contribution >= 0.6 is 11.5 Å². The smallest absolute Gasteiger partial charge is 0.142 e. The third kappa shape index (κ3) is 1.83. The zero-order chi connectivity index (χ0) is 10.4. The summed E-state index contributed by atoms with van der Waals surface area (Å²) >= 11 is 1.51. The molecule has 82 valence electrons. The molecule has 0 aliphatic heterocycles. The first-order chi connectivity index (χ1) is 7.25. The van der Waals surface area contributed by atoms with Gasteiger partial charge in [0.15, 0.2) is 0 Å². The minimum atomic E-state index is 0.688. The number of rotatable bonds is 4. The summed E-state index contributed by atoms with van der Waals surface area (Å²) in [7, 11) is 0. The van der Waals surface area contributed by atoms with Gasteiger partial charge in [0, 0.05) is 11.6 Å². The minimum absolute atomic E-state index is 0.688. The van der Waals surface area contributed by atoms with Crippen molar-refractivity contribution in [1.82, 2.24) is 4.37 Å². The molecule has 2 aliphatic rings. The number of nitrogens with zero attached hydrogens (tertiary/aromatic N) is 1. The highest BCUT2D eigenvalue weighted by Gasteiger charge is 2.41. The van der Waals surface area contributed by atoms with Gasteiger partial charge in [0.25, 0.3) is 0 Å². The molecule has 1 aromatic rings. The molecule has 0 aromatic carbocycles. The molecule has 3 nitrogen and oxygen atoms in total. The Balaban J connectivity index is 1.74. The van der Waals surface area contributed by atoms with Crippen LogP contribution in [-0.4, -0.2) is 10.4 Å². The molecule has 0 bridgehead atoms. The Morgan fingerprint density at radius 3 is 2.33 bits per heavy atom. The van der Waals surface area contributed by atoms with Crippen LogP contribution in [0.3, 0.4) is 0 Å². The van der Waals surface area contributed by atoms with Crippen LogP contribution in [0.4, 0.5) is 10.8 Å². The van der Waals surface area contributed by atoms with Crippen LogP contribution in [0.1, 0.15) is 31.2 Å². The van der Waals surface area contributed by atoms with E-state index in [2.05, 4.69) is 16.6 Å². The van der Waals surface area contributed by atoms with Gasteiger partial charge in [-0.25, -0.2) is 0 Å². The number of hydrogen-bond acceptors (Lipinski definition) is 4. The first-order valence-corrected chi connectivity index (χ1v) is 6.51. The molecule has 2 aliphatic carbocycles. The Bertz CT molecular complexity index is 354. The van der Waals surface area contributed by atoms with E-state index in [1.165, 1.54) is 42.2 Å². The minimum Gasteiger partial charge on any atom is -0.383 e. The topological polar surface area (TPSA) is 50.9 Å². The van der Waals surface area contributed by atoms with Crippen LogP contribution in [0.5, 0.6) is 0 Å². The van der Waals surface area contributed by atoms with E-state index in [0.29, 0.717) is 11.9 Å². The van der Waals surface area contributed by atoms with Crippen LogP contribution in [-0.2, 0) is 0 Å². The fourth-order valence-corrected chi connectivity index (χ4v) is 2.92. The molecule has 1 heterocycles. The van der Waals surface area contributed by atoms with Gasteiger partial charge < -0.3 is 11.1 Å². The predicted octanol–water partition coefficient (Wildman–Crippen LogP) is 2.63. The number of nitrogens with one attached hydrogen (secondary N) is 1. The normalized spacial score (nSPS) is 20.9. The molecule has 1 aromatic heterocycles. The van der Waals surface area contributed by atoms with Crippen LogP contribution in [0, 0.1) is 18.8 Å². The first-order valence-electron chi connectivity index (χ1n) is 5.74. The van der Waals surface area contributed by atoms with E-state index in [1.54, 1.807) is 0 Å². The lowest BCUT2D eigenvalue weighted by molar-refractivity contribution is 0.569. The highest BCUT2D eigenvalue weighted by atomic mass is 32.1. The van der Waals surface area contributed by atoms with Crippen LogP contribution in [0.2, 0.25) is 0 Å². The van der Waals surface area contributed by atoms with Gasteiger partial charge >= 0.3 is 0 Å². The highest BCUT2D eigenvalue weighted by molar-refractivity contribution is 7.10. The van der Waals surface area contributed by atoms with Crippen molar-refractivity contribution >= 4 is 22.4 Å². The second kappa shape index (κ2) is 3.37. The van der Waals surface area contributed by atoms with Crippen molar-refractivity contribution < 1.29 is 0 Å². The molecule has 2 saturated carbocycles. The van der Waals surface area contributed by atoms with Gasteiger partial charge in [-0.2, -0.15) is 4.37 Å². The van der Waals surface area contributed by atoms with Crippen LogP contribution in [0.15, 0.2) is 0 Å². The van der Waals surface area contributed by atoms with E-state index in [1.807, 2.05) is 0 Å². The van der Waals surface area contributed by atoms with Gasteiger partial charge in [0.1, 0.15) is 10.8 Å². The van der Waals surface area contributed by atoms with E-state index in [0.717, 1.165) is 17.4 Å². The van der Waals surface area contributed by atoms with Gasteiger partial charge in [-0.1, -0.05) is 0 Å². The van der Waals surface area contributed by atoms with Gasteiger partial charge in [-0.05, 0) is 56.0 Å². The summed E-state index contributed by atoms with van der Waals surface area (Å²) in [6.07, 6.45) is 5.62. The molecule has 3 N–H and O–H groups in total. The van der Waals surface area contributed by atoms with E-state index >= 15 is 0 Å². The van der Waals surface area contributed by atoms with Gasteiger partial charge in [-0.15, -0.1) is 0 Å². The summed E-state index contributed by atoms with van der Waals surface area (Å²) in [5.74, 6) is 2.52. The average Bonchev–Trinajstić information content (AvgIpc) is 3.11. The first kappa shape index (κ1) is 9.46. The second-order valence-electron chi connectivity index (χ2n) is 4.87. The molecule has 3 rings (SSSR count). The molecule has 0 atom stereocenters. The Hall–Kier alpha value is -0.770. The van der Waals surface area contributed by atoms with E-state index in [-0.39, 0.29) is 0 Å². The Morgan fingerprint density at radius 2 is 1.93 bits per heavy atom. The van der Waals surface area contributed by atoms with Crippen molar-refractivity contribution in [1.29, 1.82) is 0 Å². The van der Waals surface area contributed by atoms with Crippen molar-refractivity contribution in [3.8, 4) is 0 Å². The molecular weight excluding hydrogens is 206 g/mol. The fraction of sp³-hybridized carbons (Fsp3) is 0.727. The van der Waals surface area contributed by atoms with Crippen molar-refractivity contribution in [3.63, 3.8) is 0 Å². The van der Waals surface area contributed by atoms with Crippen LogP contribution < -0.4 is 11.1 Å². The van der Waals surface area contributed by atoms with E-state index in [4.69, 9.17) is 5.73 Å². The zero-order valence-electron chi connectivity index (χ0n) is 8.99. The van der Waals surface area contributed by atoms with Gasteiger partial charge in [0.2, 0.25) is 0 Å². The van der Waals surface area contributed by atoms with Crippen LogP contribution in [0.25, 0.3) is 0 Å². The number of aromatic nitrogens is 1. The molecule has 2 fully saturated rings. The monoisotopic (exact) mass is 223 g/mol. The summed E-state index contributed by atoms with van der Waals surface area (Å²) in [6.45, 7) is 2.05. The highest BCUT2D eigenvalue weighted by Crippen LogP contribution is 2.46. The maximum Gasteiger partial charge on any atom is 0.142 e. The summed E-state index contributed by atoms with van der Waals surface area (Å²) < 4.78 is 4.19. The maximum atomic E-state index is 5.76. The summed E-state index contributed by atoms with van der Waals surface area (Å²) in [6, 6.07) is 0.698. The van der Waals surface area contributed by atoms with E-state index in [9.17, 15) is 0 Å². The van der Waals surface area contributed by atoms with Crippen molar-refractivity contribution in [2.24, 2.45) is 11.8 Å².